The predicted octanol–water partition coefficient (Wildman–Crippen LogP) is 4.16. The van der Waals surface area contributed by atoms with E-state index >= 15 is 0 Å². The highest BCUT2D eigenvalue weighted by Crippen LogP contribution is 2.39. The molecule has 3 aliphatic rings. The summed E-state index contributed by atoms with van der Waals surface area (Å²) in [5, 5.41) is 13.2. The average molecular weight is 578 g/mol. The van der Waals surface area contributed by atoms with Crippen molar-refractivity contribution in [2.75, 3.05) is 25.1 Å². The first kappa shape index (κ1) is 27.5. The normalized spacial score (nSPS) is 27.6. The van der Waals surface area contributed by atoms with Gasteiger partial charge in [-0.15, -0.1) is 0 Å². The molecule has 2 aromatic heterocycles. The maximum Gasteiger partial charge on any atom is 0.406 e. The van der Waals surface area contributed by atoms with Crippen LogP contribution in [0.1, 0.15) is 37.9 Å². The third kappa shape index (κ3) is 5.84. The van der Waals surface area contributed by atoms with E-state index < -0.39 is 18.3 Å². The number of amides is 1. The molecule has 6 rings (SSSR count). The predicted molar refractivity (Wildman–Crippen MR) is 142 cm³/mol. The monoisotopic (exact) mass is 577 g/mol. The topological polar surface area (TPSA) is 110 Å². The molecular formula is C27H30F3N5O4S. The van der Waals surface area contributed by atoms with Crippen molar-refractivity contribution >= 4 is 32.6 Å². The number of carbonyl (C=O) groups is 1. The number of morpholine rings is 1. The summed E-state index contributed by atoms with van der Waals surface area (Å²) in [5.74, 6) is -0.0166. The summed E-state index contributed by atoms with van der Waals surface area (Å²) < 4.78 is 51.8. The Morgan fingerprint density at radius 2 is 2.00 bits per heavy atom. The molecule has 3 atom stereocenters. The van der Waals surface area contributed by atoms with E-state index in [2.05, 4.69) is 20.3 Å². The van der Waals surface area contributed by atoms with E-state index in [0.29, 0.717) is 23.8 Å². The molecule has 2 aliphatic carbocycles. The zero-order chi connectivity index (χ0) is 27.9. The Kier molecular flexibility index (Phi) is 7.75. The molecule has 1 amide bonds. The number of fused-ring (bicyclic) bond motifs is 1. The Balaban J connectivity index is 1.04. The summed E-state index contributed by atoms with van der Waals surface area (Å²) in [5.41, 5.74) is 2.46. The van der Waals surface area contributed by atoms with Crippen LogP contribution in [0.25, 0.3) is 21.3 Å². The standard InChI is InChI=1S/C27H30F3N5O4S/c28-27(29,30)23-13-38-7-6-35(23)18-8-16(9-18)25(37)34-26-33-19-5-4-15(10-22(19)40-26)17-11-31-24(32-12-17)14-39-21-3-1-2-20(21)36/h4-5,10-12,16,18,20-21,23,36H,1-3,6-9,13-14H2,(H,33,34,37)/t16?,18?,20-,21-,23+/m0/s1. The van der Waals surface area contributed by atoms with Gasteiger partial charge in [0.15, 0.2) is 11.0 Å². The highest BCUT2D eigenvalue weighted by molar-refractivity contribution is 7.22. The van der Waals surface area contributed by atoms with E-state index in [9.17, 15) is 23.1 Å². The number of hydrogen-bond acceptors (Lipinski definition) is 9. The van der Waals surface area contributed by atoms with E-state index in [1.54, 1.807) is 12.4 Å². The summed E-state index contributed by atoms with van der Waals surface area (Å²) in [6.45, 7) is 0.371. The lowest BCUT2D eigenvalue weighted by Gasteiger charge is -2.47. The fraction of sp³-hybridized carbons (Fsp3) is 0.556. The first-order valence-corrected chi connectivity index (χ1v) is 14.3. The molecule has 2 saturated carbocycles. The van der Waals surface area contributed by atoms with E-state index in [1.165, 1.54) is 16.2 Å². The summed E-state index contributed by atoms with van der Waals surface area (Å²) in [6, 6.07) is 3.84. The Morgan fingerprint density at radius 3 is 2.73 bits per heavy atom. The Labute approximate surface area is 232 Å². The molecule has 1 aromatic carbocycles. The van der Waals surface area contributed by atoms with Gasteiger partial charge in [-0.25, -0.2) is 15.0 Å². The number of carbonyl (C=O) groups excluding carboxylic acids is 1. The number of halogens is 3. The van der Waals surface area contributed by atoms with Crippen LogP contribution in [0.5, 0.6) is 0 Å². The quantitative estimate of drug-likeness (QED) is 0.431. The molecule has 0 spiro atoms. The number of aliphatic hydroxyl groups excluding tert-OH is 1. The van der Waals surface area contributed by atoms with E-state index in [1.807, 2.05) is 18.2 Å². The van der Waals surface area contributed by atoms with Crippen LogP contribution in [0.2, 0.25) is 0 Å². The van der Waals surface area contributed by atoms with Crippen molar-refractivity contribution in [2.45, 2.75) is 69.2 Å². The van der Waals surface area contributed by atoms with Crippen molar-refractivity contribution in [3.63, 3.8) is 0 Å². The van der Waals surface area contributed by atoms with Gasteiger partial charge in [0.05, 0.1) is 35.6 Å². The van der Waals surface area contributed by atoms with Crippen LogP contribution < -0.4 is 5.32 Å². The minimum absolute atomic E-state index is 0.163. The van der Waals surface area contributed by atoms with E-state index in [4.69, 9.17) is 9.47 Å². The lowest BCUT2D eigenvalue weighted by atomic mass is 9.78. The van der Waals surface area contributed by atoms with Gasteiger partial charge in [-0.05, 0) is 49.8 Å². The van der Waals surface area contributed by atoms with Crippen LogP contribution in [0, 0.1) is 5.92 Å². The molecule has 9 nitrogen and oxygen atoms in total. The van der Waals surface area contributed by atoms with Crippen LogP contribution >= 0.6 is 11.3 Å². The van der Waals surface area contributed by atoms with Crippen molar-refractivity contribution in [2.24, 2.45) is 5.92 Å². The number of aromatic nitrogens is 3. The van der Waals surface area contributed by atoms with Gasteiger partial charge in [0, 0.05) is 36.5 Å². The lowest BCUT2D eigenvalue weighted by molar-refractivity contribution is -0.224. The number of aliphatic hydroxyl groups is 1. The van der Waals surface area contributed by atoms with E-state index in [-0.39, 0.29) is 50.3 Å². The van der Waals surface area contributed by atoms with Gasteiger partial charge in [-0.3, -0.25) is 9.69 Å². The van der Waals surface area contributed by atoms with Crippen LogP contribution in [0.15, 0.2) is 30.6 Å². The Morgan fingerprint density at radius 1 is 1.20 bits per heavy atom. The van der Waals surface area contributed by atoms with Gasteiger partial charge in [0.2, 0.25) is 5.91 Å². The zero-order valence-electron chi connectivity index (χ0n) is 21.6. The zero-order valence-corrected chi connectivity index (χ0v) is 22.5. The highest BCUT2D eigenvalue weighted by atomic mass is 32.1. The summed E-state index contributed by atoms with van der Waals surface area (Å²) in [7, 11) is 0. The number of ether oxygens (including phenoxy) is 2. The molecule has 0 unspecified atom stereocenters. The second-order valence-corrected chi connectivity index (χ2v) is 11.6. The van der Waals surface area contributed by atoms with Gasteiger partial charge >= 0.3 is 6.18 Å². The van der Waals surface area contributed by atoms with Gasteiger partial charge in [-0.1, -0.05) is 17.4 Å². The molecule has 3 aromatic rings. The SMILES string of the molecule is O=C(Nc1nc2ccc(-c3cnc(CO[C@H]4CCC[C@@H]4O)nc3)cc2s1)C1CC(N2CCOC[C@@H]2C(F)(F)F)C1. The third-order valence-electron chi connectivity index (χ3n) is 8.00. The number of nitrogens with one attached hydrogen (secondary N) is 1. The number of anilines is 1. The van der Waals surface area contributed by atoms with E-state index in [0.717, 1.165) is 40.6 Å². The highest BCUT2D eigenvalue weighted by Gasteiger charge is 2.50. The molecule has 2 N–H and O–H groups in total. The van der Waals surface area contributed by atoms with Gasteiger partial charge < -0.3 is 19.9 Å². The minimum Gasteiger partial charge on any atom is -0.390 e. The van der Waals surface area contributed by atoms with Crippen LogP contribution in [-0.4, -0.2) is 81.1 Å². The van der Waals surface area contributed by atoms with Gasteiger partial charge in [0.25, 0.3) is 0 Å². The molecule has 0 radical (unpaired) electrons. The molecule has 1 aliphatic heterocycles. The lowest BCUT2D eigenvalue weighted by Crippen LogP contribution is -2.60. The third-order valence-corrected chi connectivity index (χ3v) is 8.94. The van der Waals surface area contributed by atoms with Crippen molar-refractivity contribution in [1.29, 1.82) is 0 Å². The average Bonchev–Trinajstić information content (AvgIpc) is 3.51. The number of thiazole rings is 1. The Hall–Kier alpha value is -2.71. The molecule has 3 heterocycles. The summed E-state index contributed by atoms with van der Waals surface area (Å²) in [4.78, 5) is 27.5. The fourth-order valence-corrected chi connectivity index (χ4v) is 6.54. The van der Waals surface area contributed by atoms with Crippen molar-refractivity contribution in [3.05, 3.63) is 36.4 Å². The second-order valence-electron chi connectivity index (χ2n) is 10.6. The van der Waals surface area contributed by atoms with Crippen LogP contribution in [0.4, 0.5) is 18.3 Å². The first-order chi connectivity index (χ1) is 19.2. The summed E-state index contributed by atoms with van der Waals surface area (Å²) in [6.07, 6.45) is 1.85. The molecule has 214 valence electrons. The smallest absolute Gasteiger partial charge is 0.390 e. The Bertz CT molecular complexity index is 1350. The molecule has 1 saturated heterocycles. The minimum atomic E-state index is -4.35. The van der Waals surface area contributed by atoms with Crippen LogP contribution in [0.3, 0.4) is 0 Å². The number of hydrogen-bond donors (Lipinski definition) is 2. The van der Waals surface area contributed by atoms with Gasteiger partial charge in [0.1, 0.15) is 12.6 Å². The summed E-state index contributed by atoms with van der Waals surface area (Å²) >= 11 is 1.34. The largest absolute Gasteiger partial charge is 0.406 e. The van der Waals surface area contributed by atoms with Crippen molar-refractivity contribution in [3.8, 4) is 11.1 Å². The maximum atomic E-state index is 13.4. The molecule has 3 fully saturated rings. The fourth-order valence-electron chi connectivity index (χ4n) is 5.63. The van der Waals surface area contributed by atoms with Crippen molar-refractivity contribution < 1.29 is 32.5 Å². The maximum absolute atomic E-state index is 13.4. The number of rotatable bonds is 7. The van der Waals surface area contributed by atoms with Crippen LogP contribution in [-0.2, 0) is 20.9 Å². The first-order valence-electron chi connectivity index (χ1n) is 13.5. The second kappa shape index (κ2) is 11.3. The van der Waals surface area contributed by atoms with Crippen molar-refractivity contribution in [1.82, 2.24) is 19.9 Å². The number of benzene rings is 1. The molecule has 0 bridgehead atoms. The number of nitrogens with zero attached hydrogens (tertiary/aromatic N) is 4. The number of alkyl halides is 3. The molecule has 13 heteroatoms. The van der Waals surface area contributed by atoms with Gasteiger partial charge in [-0.2, -0.15) is 13.2 Å². The molecular weight excluding hydrogens is 547 g/mol. The molecule has 40 heavy (non-hydrogen) atoms.